The topological polar surface area (TPSA) is 85.8 Å². The van der Waals surface area contributed by atoms with Gasteiger partial charge in [0.05, 0.1) is 6.20 Å². The summed E-state index contributed by atoms with van der Waals surface area (Å²) in [6, 6.07) is 1.62. The highest BCUT2D eigenvalue weighted by Crippen LogP contribution is 2.08. The lowest BCUT2D eigenvalue weighted by Gasteiger charge is -1.94. The monoisotopic (exact) mass is 207 g/mol. The van der Waals surface area contributed by atoms with Crippen molar-refractivity contribution in [3.8, 4) is 0 Å². The van der Waals surface area contributed by atoms with E-state index in [-0.39, 0.29) is 11.6 Å². The molecule has 0 aliphatic rings. The summed E-state index contributed by atoms with van der Waals surface area (Å²) in [5.41, 5.74) is 0.234. The van der Waals surface area contributed by atoms with E-state index < -0.39 is 0 Å². The lowest BCUT2D eigenvalue weighted by atomic mass is 10.4. The number of aryl methyl sites for hydroxylation is 2. The largest absolute Gasteiger partial charge is 0.360 e. The first-order valence-corrected chi connectivity index (χ1v) is 4.26. The lowest BCUT2D eigenvalue weighted by Crippen LogP contribution is -2.12. The normalized spacial score (nSPS) is 10.3. The van der Waals surface area contributed by atoms with E-state index in [1.54, 1.807) is 20.0 Å². The number of hydrogen-bond donors (Lipinski definition) is 1. The molecule has 2 aromatic rings. The van der Waals surface area contributed by atoms with E-state index in [4.69, 9.17) is 4.52 Å². The van der Waals surface area contributed by atoms with E-state index in [1.165, 1.54) is 10.9 Å². The third-order valence-electron chi connectivity index (χ3n) is 1.70. The Hall–Kier alpha value is -2.18. The molecule has 0 aliphatic carbocycles. The highest BCUT2D eigenvalue weighted by molar-refractivity contribution is 6.01. The van der Waals surface area contributed by atoms with Crippen molar-refractivity contribution in [3.63, 3.8) is 0 Å². The van der Waals surface area contributed by atoms with Crippen LogP contribution >= 0.6 is 0 Å². The number of nitrogens with zero attached hydrogens (tertiary/aromatic N) is 4. The SMILES string of the molecule is Cc1cc(NC(=O)c2cn(C)nn2)no1. The van der Waals surface area contributed by atoms with Crippen molar-refractivity contribution in [2.24, 2.45) is 7.05 Å². The Kier molecular flexibility index (Phi) is 2.20. The Morgan fingerprint density at radius 1 is 1.60 bits per heavy atom. The van der Waals surface area contributed by atoms with Crippen molar-refractivity contribution < 1.29 is 9.32 Å². The van der Waals surface area contributed by atoms with E-state index in [1.807, 2.05) is 0 Å². The highest BCUT2D eigenvalue weighted by atomic mass is 16.5. The summed E-state index contributed by atoms with van der Waals surface area (Å²) in [5.74, 6) is 0.629. The summed E-state index contributed by atoms with van der Waals surface area (Å²) < 4.78 is 6.25. The van der Waals surface area contributed by atoms with Gasteiger partial charge in [-0.2, -0.15) is 0 Å². The summed E-state index contributed by atoms with van der Waals surface area (Å²) in [7, 11) is 1.68. The number of carbonyl (C=O) groups excluding carboxylic acids is 1. The maximum absolute atomic E-state index is 11.5. The van der Waals surface area contributed by atoms with Gasteiger partial charge in [-0.15, -0.1) is 5.10 Å². The fourth-order valence-electron chi connectivity index (χ4n) is 1.06. The first-order chi connectivity index (χ1) is 7.15. The van der Waals surface area contributed by atoms with E-state index >= 15 is 0 Å². The van der Waals surface area contributed by atoms with Crippen LogP contribution in [0.3, 0.4) is 0 Å². The van der Waals surface area contributed by atoms with Gasteiger partial charge in [0, 0.05) is 13.1 Å². The molecule has 0 atom stereocenters. The molecule has 0 saturated carbocycles. The molecule has 0 radical (unpaired) electrons. The lowest BCUT2D eigenvalue weighted by molar-refractivity contribution is 0.102. The van der Waals surface area contributed by atoms with E-state index in [0.717, 1.165) is 0 Å². The standard InChI is InChI=1S/C8H9N5O2/c1-5-3-7(11-15-5)9-8(14)6-4-13(2)12-10-6/h3-4H,1-2H3,(H,9,11,14). The number of amides is 1. The van der Waals surface area contributed by atoms with Crippen LogP contribution in [0, 0.1) is 6.92 Å². The third-order valence-corrected chi connectivity index (χ3v) is 1.70. The van der Waals surface area contributed by atoms with Crippen molar-refractivity contribution in [2.45, 2.75) is 6.92 Å². The predicted octanol–water partition coefficient (Wildman–Crippen LogP) is 0.364. The minimum atomic E-state index is -0.364. The van der Waals surface area contributed by atoms with Gasteiger partial charge in [0.25, 0.3) is 5.91 Å². The van der Waals surface area contributed by atoms with Crippen molar-refractivity contribution in [1.82, 2.24) is 20.2 Å². The van der Waals surface area contributed by atoms with E-state index in [9.17, 15) is 4.79 Å². The smallest absolute Gasteiger partial charge is 0.279 e. The van der Waals surface area contributed by atoms with Gasteiger partial charge in [-0.3, -0.25) is 9.48 Å². The summed E-state index contributed by atoms with van der Waals surface area (Å²) in [5, 5.41) is 13.5. The molecule has 7 heteroatoms. The van der Waals surface area contributed by atoms with E-state index in [2.05, 4.69) is 20.8 Å². The summed E-state index contributed by atoms with van der Waals surface area (Å²) in [4.78, 5) is 11.5. The van der Waals surface area contributed by atoms with Gasteiger partial charge in [0.15, 0.2) is 11.5 Å². The van der Waals surface area contributed by atoms with Crippen molar-refractivity contribution in [2.75, 3.05) is 5.32 Å². The van der Waals surface area contributed by atoms with Crippen LogP contribution < -0.4 is 5.32 Å². The number of aromatic nitrogens is 4. The van der Waals surface area contributed by atoms with Crippen molar-refractivity contribution in [3.05, 3.63) is 23.7 Å². The predicted molar refractivity (Wildman–Crippen MR) is 50.2 cm³/mol. The fraction of sp³-hybridized carbons (Fsp3) is 0.250. The molecule has 0 aliphatic heterocycles. The summed E-state index contributed by atoms with van der Waals surface area (Å²) in [6.07, 6.45) is 1.52. The van der Waals surface area contributed by atoms with Crippen LogP contribution in [0.25, 0.3) is 0 Å². The molecule has 2 rings (SSSR count). The molecule has 15 heavy (non-hydrogen) atoms. The van der Waals surface area contributed by atoms with Gasteiger partial charge in [0.2, 0.25) is 0 Å². The molecule has 0 spiro atoms. The number of nitrogens with one attached hydrogen (secondary N) is 1. The van der Waals surface area contributed by atoms with Crippen molar-refractivity contribution in [1.29, 1.82) is 0 Å². The minimum absolute atomic E-state index is 0.234. The molecule has 0 unspecified atom stereocenters. The van der Waals surface area contributed by atoms with E-state index in [0.29, 0.717) is 11.6 Å². The first-order valence-electron chi connectivity index (χ1n) is 4.26. The third kappa shape index (κ3) is 2.01. The Morgan fingerprint density at radius 3 is 2.93 bits per heavy atom. The average Bonchev–Trinajstić information content (AvgIpc) is 2.75. The number of rotatable bonds is 2. The van der Waals surface area contributed by atoms with Crippen LogP contribution in [0.15, 0.2) is 16.8 Å². The van der Waals surface area contributed by atoms with Gasteiger partial charge >= 0.3 is 0 Å². The highest BCUT2D eigenvalue weighted by Gasteiger charge is 2.11. The Morgan fingerprint density at radius 2 is 2.40 bits per heavy atom. The second-order valence-electron chi connectivity index (χ2n) is 3.05. The minimum Gasteiger partial charge on any atom is -0.360 e. The molecule has 2 heterocycles. The molecule has 1 amide bonds. The molecular weight excluding hydrogens is 198 g/mol. The second kappa shape index (κ2) is 3.52. The molecular formula is C8H9N5O2. The molecule has 0 saturated heterocycles. The van der Waals surface area contributed by atoms with Crippen LogP contribution in [0.1, 0.15) is 16.2 Å². The molecule has 1 N–H and O–H groups in total. The zero-order valence-electron chi connectivity index (χ0n) is 8.26. The zero-order chi connectivity index (χ0) is 10.8. The fourth-order valence-corrected chi connectivity index (χ4v) is 1.06. The Balaban J connectivity index is 2.10. The van der Waals surface area contributed by atoms with Crippen LogP contribution in [-0.4, -0.2) is 26.1 Å². The van der Waals surface area contributed by atoms with Crippen LogP contribution in [-0.2, 0) is 7.05 Å². The number of carbonyl (C=O) groups is 1. The van der Waals surface area contributed by atoms with Gasteiger partial charge in [-0.1, -0.05) is 10.4 Å². The van der Waals surface area contributed by atoms with Crippen molar-refractivity contribution >= 4 is 11.7 Å². The molecule has 0 fully saturated rings. The molecule has 0 bridgehead atoms. The first kappa shape index (κ1) is 9.38. The maximum atomic E-state index is 11.5. The van der Waals surface area contributed by atoms with Gasteiger partial charge in [0.1, 0.15) is 5.76 Å². The molecule has 2 aromatic heterocycles. The maximum Gasteiger partial charge on any atom is 0.279 e. The molecule has 7 nitrogen and oxygen atoms in total. The Labute approximate surface area is 85.1 Å². The molecule has 78 valence electrons. The van der Waals surface area contributed by atoms with Gasteiger partial charge in [-0.05, 0) is 6.92 Å². The van der Waals surface area contributed by atoms with Crippen LogP contribution in [0.5, 0.6) is 0 Å². The Bertz CT molecular complexity index is 487. The van der Waals surface area contributed by atoms with Gasteiger partial charge < -0.3 is 9.84 Å². The number of hydrogen-bond acceptors (Lipinski definition) is 5. The van der Waals surface area contributed by atoms with Crippen LogP contribution in [0.4, 0.5) is 5.82 Å². The molecule has 0 aromatic carbocycles. The second-order valence-corrected chi connectivity index (χ2v) is 3.05. The zero-order valence-corrected chi connectivity index (χ0v) is 8.26. The summed E-state index contributed by atoms with van der Waals surface area (Å²) >= 11 is 0. The summed E-state index contributed by atoms with van der Waals surface area (Å²) in [6.45, 7) is 1.74. The average molecular weight is 207 g/mol. The van der Waals surface area contributed by atoms with Crippen LogP contribution in [0.2, 0.25) is 0 Å². The number of anilines is 1. The van der Waals surface area contributed by atoms with Gasteiger partial charge in [-0.25, -0.2) is 0 Å². The quantitative estimate of drug-likeness (QED) is 0.768.